The van der Waals surface area contributed by atoms with E-state index in [1.165, 1.54) is 12.1 Å². The van der Waals surface area contributed by atoms with Gasteiger partial charge in [-0.25, -0.2) is 8.78 Å². The molecule has 2 rings (SSSR count). The highest BCUT2D eigenvalue weighted by molar-refractivity contribution is 9.10. The molecule has 0 radical (unpaired) electrons. The van der Waals surface area contributed by atoms with Gasteiger partial charge in [-0.2, -0.15) is 0 Å². The minimum Gasteiger partial charge on any atom is -0.310 e. The van der Waals surface area contributed by atoms with Gasteiger partial charge in [0.25, 0.3) is 0 Å². The van der Waals surface area contributed by atoms with Crippen LogP contribution in [0.15, 0.2) is 34.1 Å². The third-order valence-electron chi connectivity index (χ3n) is 2.83. The summed E-state index contributed by atoms with van der Waals surface area (Å²) in [6.45, 7) is 2.58. The molecular formula is C14H14BrF2NS. The first kappa shape index (κ1) is 14.6. The summed E-state index contributed by atoms with van der Waals surface area (Å²) in [6, 6.07) is 6.17. The number of likely N-dealkylation sites (N-methyl/N-ethyl adjacent to an activating group) is 1. The molecule has 0 saturated heterocycles. The molecule has 1 aromatic carbocycles. The van der Waals surface area contributed by atoms with Crippen LogP contribution in [0.25, 0.3) is 0 Å². The molecule has 0 fully saturated rings. The van der Waals surface area contributed by atoms with Gasteiger partial charge in [0.05, 0.1) is 0 Å². The lowest BCUT2D eigenvalue weighted by atomic mass is 10.0. The molecule has 19 heavy (non-hydrogen) atoms. The summed E-state index contributed by atoms with van der Waals surface area (Å²) in [5.74, 6) is -1.04. The zero-order valence-corrected chi connectivity index (χ0v) is 12.8. The molecule has 0 saturated carbocycles. The zero-order valence-electron chi connectivity index (χ0n) is 10.4. The zero-order chi connectivity index (χ0) is 13.8. The Morgan fingerprint density at radius 2 is 2.00 bits per heavy atom. The first-order chi connectivity index (χ1) is 9.11. The summed E-state index contributed by atoms with van der Waals surface area (Å²) in [7, 11) is 0. The van der Waals surface area contributed by atoms with E-state index < -0.39 is 11.6 Å². The van der Waals surface area contributed by atoms with Crippen LogP contribution in [0.1, 0.15) is 23.4 Å². The lowest BCUT2D eigenvalue weighted by Crippen LogP contribution is -2.24. The molecule has 102 valence electrons. The van der Waals surface area contributed by atoms with Gasteiger partial charge in [0.1, 0.15) is 11.6 Å². The molecule has 0 aliphatic rings. The Morgan fingerprint density at radius 1 is 1.32 bits per heavy atom. The molecule has 0 bridgehead atoms. The Labute approximate surface area is 123 Å². The average molecular weight is 346 g/mol. The Morgan fingerprint density at radius 3 is 2.53 bits per heavy atom. The summed E-state index contributed by atoms with van der Waals surface area (Å²) < 4.78 is 28.4. The second-order valence-corrected chi connectivity index (χ2v) is 6.12. The molecule has 5 heteroatoms. The minimum absolute atomic E-state index is 0.110. The first-order valence-electron chi connectivity index (χ1n) is 6.02. The maximum absolute atomic E-state index is 14.0. The highest BCUT2D eigenvalue weighted by atomic mass is 79.9. The van der Waals surface area contributed by atoms with E-state index in [0.717, 1.165) is 4.88 Å². The second-order valence-electron chi connectivity index (χ2n) is 4.18. The Balaban J connectivity index is 2.33. The van der Waals surface area contributed by atoms with E-state index in [4.69, 9.17) is 0 Å². The van der Waals surface area contributed by atoms with E-state index in [1.54, 1.807) is 11.3 Å². The molecule has 0 amide bonds. The van der Waals surface area contributed by atoms with Crippen LogP contribution < -0.4 is 5.32 Å². The van der Waals surface area contributed by atoms with Gasteiger partial charge >= 0.3 is 0 Å². The van der Waals surface area contributed by atoms with Gasteiger partial charge in [0, 0.05) is 27.4 Å². The number of rotatable bonds is 5. The molecule has 1 nitrogen and oxygen atoms in total. The standard InChI is InChI=1S/C14H14BrF2NS/c1-2-18-13(8-10-4-3-5-19-10)14-11(16)6-9(15)7-12(14)17/h3-7,13,18H,2,8H2,1H3. The van der Waals surface area contributed by atoms with Crippen LogP contribution in [0.4, 0.5) is 8.78 Å². The highest BCUT2D eigenvalue weighted by Crippen LogP contribution is 2.28. The summed E-state index contributed by atoms with van der Waals surface area (Å²) in [6.07, 6.45) is 0.584. The Bertz CT molecular complexity index is 519. The summed E-state index contributed by atoms with van der Waals surface area (Å²) in [4.78, 5) is 1.10. The quantitative estimate of drug-likeness (QED) is 0.829. The number of benzene rings is 1. The van der Waals surface area contributed by atoms with E-state index in [-0.39, 0.29) is 11.6 Å². The monoisotopic (exact) mass is 345 g/mol. The van der Waals surface area contributed by atoms with Crippen molar-refractivity contribution in [3.05, 3.63) is 56.2 Å². The molecule has 1 heterocycles. The third kappa shape index (κ3) is 3.61. The van der Waals surface area contributed by atoms with Gasteiger partial charge in [-0.15, -0.1) is 11.3 Å². The lowest BCUT2D eigenvalue weighted by molar-refractivity contribution is 0.474. The van der Waals surface area contributed by atoms with Gasteiger partial charge in [-0.1, -0.05) is 28.9 Å². The molecule has 1 atom stereocenters. The predicted molar refractivity (Wildman–Crippen MR) is 78.5 cm³/mol. The van der Waals surface area contributed by atoms with Crippen molar-refractivity contribution in [1.82, 2.24) is 5.32 Å². The third-order valence-corrected chi connectivity index (χ3v) is 4.18. The van der Waals surface area contributed by atoms with Crippen LogP contribution in [0.5, 0.6) is 0 Å². The maximum atomic E-state index is 14.0. The average Bonchev–Trinajstić information content (AvgIpc) is 2.80. The smallest absolute Gasteiger partial charge is 0.132 e. The molecule has 0 aliphatic carbocycles. The lowest BCUT2D eigenvalue weighted by Gasteiger charge is -2.19. The fraction of sp³-hybridized carbons (Fsp3) is 0.286. The van der Waals surface area contributed by atoms with Crippen molar-refractivity contribution in [2.45, 2.75) is 19.4 Å². The first-order valence-corrected chi connectivity index (χ1v) is 7.69. The fourth-order valence-corrected chi connectivity index (χ4v) is 3.19. The van der Waals surface area contributed by atoms with Crippen molar-refractivity contribution in [3.8, 4) is 0 Å². The van der Waals surface area contributed by atoms with Crippen LogP contribution in [-0.4, -0.2) is 6.54 Å². The molecule has 0 aliphatic heterocycles. The normalized spacial score (nSPS) is 12.6. The van der Waals surface area contributed by atoms with E-state index >= 15 is 0 Å². The van der Waals surface area contributed by atoms with E-state index in [9.17, 15) is 8.78 Å². The predicted octanol–water partition coefficient (Wildman–Crippen LogP) is 4.68. The Hall–Kier alpha value is -0.780. The largest absolute Gasteiger partial charge is 0.310 e. The molecule has 2 aromatic rings. The molecule has 1 aromatic heterocycles. The van der Waals surface area contributed by atoms with Crippen LogP contribution in [0.3, 0.4) is 0 Å². The van der Waals surface area contributed by atoms with Crippen molar-refractivity contribution in [2.24, 2.45) is 0 Å². The van der Waals surface area contributed by atoms with Crippen molar-refractivity contribution in [1.29, 1.82) is 0 Å². The van der Waals surface area contributed by atoms with E-state index in [0.29, 0.717) is 17.4 Å². The van der Waals surface area contributed by atoms with Gasteiger partial charge in [-0.3, -0.25) is 0 Å². The number of halogens is 3. The summed E-state index contributed by atoms with van der Waals surface area (Å²) in [5, 5.41) is 5.11. The molecule has 1 unspecified atom stereocenters. The second kappa shape index (κ2) is 6.59. The summed E-state index contributed by atoms with van der Waals surface area (Å²) >= 11 is 4.69. The summed E-state index contributed by atoms with van der Waals surface area (Å²) in [5.41, 5.74) is 0.110. The van der Waals surface area contributed by atoms with Gasteiger partial charge in [-0.05, 0) is 30.1 Å². The van der Waals surface area contributed by atoms with Crippen LogP contribution >= 0.6 is 27.3 Å². The van der Waals surface area contributed by atoms with E-state index in [1.807, 2.05) is 24.4 Å². The van der Waals surface area contributed by atoms with E-state index in [2.05, 4.69) is 21.2 Å². The van der Waals surface area contributed by atoms with Crippen molar-refractivity contribution in [3.63, 3.8) is 0 Å². The molecule has 0 spiro atoms. The Kier molecular flexibility index (Phi) is 5.07. The van der Waals surface area contributed by atoms with Crippen LogP contribution in [0.2, 0.25) is 0 Å². The maximum Gasteiger partial charge on any atom is 0.132 e. The van der Waals surface area contributed by atoms with Gasteiger partial charge in [0.2, 0.25) is 0 Å². The van der Waals surface area contributed by atoms with Gasteiger partial charge in [0.15, 0.2) is 0 Å². The van der Waals surface area contributed by atoms with Crippen LogP contribution in [0, 0.1) is 11.6 Å². The number of nitrogens with one attached hydrogen (secondary N) is 1. The number of hydrogen-bond donors (Lipinski definition) is 1. The molecular weight excluding hydrogens is 332 g/mol. The SMILES string of the molecule is CCNC(Cc1cccs1)c1c(F)cc(Br)cc1F. The van der Waals surface area contributed by atoms with Crippen molar-refractivity contribution < 1.29 is 8.78 Å². The highest BCUT2D eigenvalue weighted by Gasteiger charge is 2.21. The molecule has 1 N–H and O–H groups in total. The number of hydrogen-bond acceptors (Lipinski definition) is 2. The van der Waals surface area contributed by atoms with Crippen LogP contribution in [-0.2, 0) is 6.42 Å². The van der Waals surface area contributed by atoms with Crippen molar-refractivity contribution >= 4 is 27.3 Å². The fourth-order valence-electron chi connectivity index (χ4n) is 2.04. The van der Waals surface area contributed by atoms with Crippen molar-refractivity contribution in [2.75, 3.05) is 6.54 Å². The van der Waals surface area contributed by atoms with Gasteiger partial charge < -0.3 is 5.32 Å². The topological polar surface area (TPSA) is 12.0 Å². The minimum atomic E-state index is -0.519. The number of thiophene rings is 1.